The molecule has 0 amide bonds. The van der Waals surface area contributed by atoms with Crippen LogP contribution in [0.25, 0.3) is 0 Å². The van der Waals surface area contributed by atoms with E-state index in [-0.39, 0.29) is 0 Å². The predicted molar refractivity (Wildman–Crippen MR) is 64.2 cm³/mol. The third-order valence-electron chi connectivity index (χ3n) is 2.69. The number of nitrogen functional groups attached to an aromatic ring is 1. The standard InChI is InChI=1S/C12H20N2O/c1-9(14-2)4-5-10-6-7-11(15-3)8-12(10)13/h6-9,14H,4-5,13H2,1-3H3. The molecule has 84 valence electrons. The third kappa shape index (κ3) is 3.44. The molecule has 1 unspecified atom stereocenters. The summed E-state index contributed by atoms with van der Waals surface area (Å²) in [5.74, 6) is 0.818. The van der Waals surface area contributed by atoms with Crippen LogP contribution in [0.4, 0.5) is 5.69 Å². The first-order valence-corrected chi connectivity index (χ1v) is 5.27. The van der Waals surface area contributed by atoms with E-state index in [9.17, 15) is 0 Å². The van der Waals surface area contributed by atoms with Gasteiger partial charge in [-0.25, -0.2) is 0 Å². The molecule has 1 aromatic rings. The molecule has 0 aliphatic carbocycles. The maximum Gasteiger partial charge on any atom is 0.120 e. The Morgan fingerprint density at radius 1 is 1.47 bits per heavy atom. The summed E-state index contributed by atoms with van der Waals surface area (Å²) in [5, 5.41) is 3.21. The molecule has 0 radical (unpaired) electrons. The van der Waals surface area contributed by atoms with Gasteiger partial charge in [0.25, 0.3) is 0 Å². The number of benzene rings is 1. The Bertz CT molecular complexity index is 312. The van der Waals surface area contributed by atoms with Gasteiger partial charge in [0.15, 0.2) is 0 Å². The number of hydrogen-bond donors (Lipinski definition) is 2. The Kier molecular flexibility index (Phi) is 4.43. The van der Waals surface area contributed by atoms with E-state index in [1.165, 1.54) is 5.56 Å². The second-order valence-electron chi connectivity index (χ2n) is 3.79. The zero-order valence-corrected chi connectivity index (χ0v) is 9.71. The second kappa shape index (κ2) is 5.61. The normalized spacial score (nSPS) is 12.5. The highest BCUT2D eigenvalue weighted by Gasteiger charge is 2.03. The van der Waals surface area contributed by atoms with Crippen LogP contribution in [-0.2, 0) is 6.42 Å². The van der Waals surface area contributed by atoms with Crippen molar-refractivity contribution in [2.24, 2.45) is 0 Å². The van der Waals surface area contributed by atoms with Gasteiger partial charge >= 0.3 is 0 Å². The summed E-state index contributed by atoms with van der Waals surface area (Å²) < 4.78 is 5.10. The first kappa shape index (κ1) is 11.9. The molecule has 0 heterocycles. The Morgan fingerprint density at radius 2 is 2.20 bits per heavy atom. The van der Waals surface area contributed by atoms with Crippen LogP contribution in [0.3, 0.4) is 0 Å². The number of anilines is 1. The summed E-state index contributed by atoms with van der Waals surface area (Å²) in [4.78, 5) is 0. The molecule has 1 rings (SSSR count). The van der Waals surface area contributed by atoms with Crippen LogP contribution in [0.1, 0.15) is 18.9 Å². The molecular weight excluding hydrogens is 188 g/mol. The molecule has 0 aliphatic rings. The maximum atomic E-state index is 5.92. The molecule has 0 bridgehead atoms. The SMILES string of the molecule is CNC(C)CCc1ccc(OC)cc1N. The fraction of sp³-hybridized carbons (Fsp3) is 0.500. The highest BCUT2D eigenvalue weighted by atomic mass is 16.5. The van der Waals surface area contributed by atoms with Gasteiger partial charge in [0.2, 0.25) is 0 Å². The van der Waals surface area contributed by atoms with E-state index >= 15 is 0 Å². The van der Waals surface area contributed by atoms with Gasteiger partial charge < -0.3 is 15.8 Å². The molecule has 15 heavy (non-hydrogen) atoms. The van der Waals surface area contributed by atoms with Gasteiger partial charge in [-0.05, 0) is 38.4 Å². The Morgan fingerprint density at radius 3 is 2.73 bits per heavy atom. The largest absolute Gasteiger partial charge is 0.497 e. The van der Waals surface area contributed by atoms with Crippen molar-refractivity contribution in [3.05, 3.63) is 23.8 Å². The first-order chi connectivity index (χ1) is 7.17. The highest BCUT2D eigenvalue weighted by Crippen LogP contribution is 2.21. The predicted octanol–water partition coefficient (Wildman–Crippen LogP) is 1.82. The summed E-state index contributed by atoms with van der Waals surface area (Å²) in [5.41, 5.74) is 7.93. The molecule has 1 atom stereocenters. The van der Waals surface area contributed by atoms with Crippen molar-refractivity contribution in [2.75, 3.05) is 19.9 Å². The van der Waals surface area contributed by atoms with Gasteiger partial charge in [-0.2, -0.15) is 0 Å². The van der Waals surface area contributed by atoms with Crippen molar-refractivity contribution >= 4 is 5.69 Å². The van der Waals surface area contributed by atoms with E-state index in [1.54, 1.807) is 7.11 Å². The van der Waals surface area contributed by atoms with Crippen molar-refractivity contribution in [2.45, 2.75) is 25.8 Å². The van der Waals surface area contributed by atoms with Crippen molar-refractivity contribution in [3.8, 4) is 5.75 Å². The van der Waals surface area contributed by atoms with E-state index in [0.29, 0.717) is 6.04 Å². The minimum atomic E-state index is 0.520. The molecule has 1 aromatic carbocycles. The average molecular weight is 208 g/mol. The van der Waals surface area contributed by atoms with E-state index < -0.39 is 0 Å². The van der Waals surface area contributed by atoms with Gasteiger partial charge in [0, 0.05) is 17.8 Å². The number of rotatable bonds is 5. The topological polar surface area (TPSA) is 47.3 Å². The lowest BCUT2D eigenvalue weighted by Gasteiger charge is -2.11. The maximum absolute atomic E-state index is 5.92. The van der Waals surface area contributed by atoms with Crippen LogP contribution in [0.2, 0.25) is 0 Å². The lowest BCUT2D eigenvalue weighted by molar-refractivity contribution is 0.415. The molecule has 0 saturated carbocycles. The summed E-state index contributed by atoms with van der Waals surface area (Å²) in [6, 6.07) is 6.39. The van der Waals surface area contributed by atoms with Crippen LogP contribution >= 0.6 is 0 Å². The third-order valence-corrected chi connectivity index (χ3v) is 2.69. The van der Waals surface area contributed by atoms with Crippen molar-refractivity contribution in [3.63, 3.8) is 0 Å². The molecule has 0 aliphatic heterocycles. The van der Waals surface area contributed by atoms with Crippen LogP contribution in [-0.4, -0.2) is 20.2 Å². The summed E-state index contributed by atoms with van der Waals surface area (Å²) in [6.07, 6.45) is 2.09. The first-order valence-electron chi connectivity index (χ1n) is 5.27. The van der Waals surface area contributed by atoms with Crippen molar-refractivity contribution in [1.82, 2.24) is 5.32 Å². The zero-order chi connectivity index (χ0) is 11.3. The Balaban J connectivity index is 2.62. The summed E-state index contributed by atoms with van der Waals surface area (Å²) in [7, 11) is 3.62. The van der Waals surface area contributed by atoms with Gasteiger partial charge in [-0.15, -0.1) is 0 Å². The lowest BCUT2D eigenvalue weighted by atomic mass is 10.0. The van der Waals surface area contributed by atoms with Crippen molar-refractivity contribution in [1.29, 1.82) is 0 Å². The number of nitrogens with one attached hydrogen (secondary N) is 1. The summed E-state index contributed by atoms with van der Waals surface area (Å²) >= 11 is 0. The van der Waals surface area contributed by atoms with Crippen LogP contribution in [0, 0.1) is 0 Å². The zero-order valence-electron chi connectivity index (χ0n) is 9.71. The van der Waals surface area contributed by atoms with E-state index in [1.807, 2.05) is 25.2 Å². The number of hydrogen-bond acceptors (Lipinski definition) is 3. The Labute approximate surface area is 91.6 Å². The number of nitrogens with two attached hydrogens (primary N) is 1. The summed E-state index contributed by atoms with van der Waals surface area (Å²) in [6.45, 7) is 2.17. The minimum absolute atomic E-state index is 0.520. The molecule has 3 nitrogen and oxygen atoms in total. The average Bonchev–Trinajstić information content (AvgIpc) is 2.26. The molecule has 0 fully saturated rings. The van der Waals surface area contributed by atoms with Gasteiger partial charge in [0.05, 0.1) is 7.11 Å². The smallest absolute Gasteiger partial charge is 0.120 e. The molecule has 0 saturated heterocycles. The molecule has 3 heteroatoms. The van der Waals surface area contributed by atoms with Crippen molar-refractivity contribution < 1.29 is 4.74 Å². The highest BCUT2D eigenvalue weighted by molar-refractivity contribution is 5.51. The fourth-order valence-corrected chi connectivity index (χ4v) is 1.44. The number of aryl methyl sites for hydroxylation is 1. The lowest BCUT2D eigenvalue weighted by Crippen LogP contribution is -2.21. The molecule has 0 spiro atoms. The fourth-order valence-electron chi connectivity index (χ4n) is 1.44. The molecule has 0 aromatic heterocycles. The number of methoxy groups -OCH3 is 1. The van der Waals surface area contributed by atoms with E-state index in [4.69, 9.17) is 10.5 Å². The monoisotopic (exact) mass is 208 g/mol. The van der Waals surface area contributed by atoms with Gasteiger partial charge in [0.1, 0.15) is 5.75 Å². The number of ether oxygens (including phenoxy) is 1. The second-order valence-corrected chi connectivity index (χ2v) is 3.79. The quantitative estimate of drug-likeness (QED) is 0.726. The minimum Gasteiger partial charge on any atom is -0.497 e. The van der Waals surface area contributed by atoms with Gasteiger partial charge in [-0.1, -0.05) is 6.07 Å². The van der Waals surface area contributed by atoms with Gasteiger partial charge in [-0.3, -0.25) is 0 Å². The molecular formula is C12H20N2O. The van der Waals surface area contributed by atoms with E-state index in [0.717, 1.165) is 24.3 Å². The van der Waals surface area contributed by atoms with E-state index in [2.05, 4.69) is 12.2 Å². The Hall–Kier alpha value is -1.22. The van der Waals surface area contributed by atoms with Crippen LogP contribution in [0.15, 0.2) is 18.2 Å². The van der Waals surface area contributed by atoms with Crippen LogP contribution in [0.5, 0.6) is 5.75 Å². The van der Waals surface area contributed by atoms with Crippen LogP contribution < -0.4 is 15.8 Å². The molecule has 3 N–H and O–H groups in total.